The Morgan fingerprint density at radius 2 is 1.80 bits per heavy atom. The number of ether oxygens (including phenoxy) is 1. The minimum absolute atomic E-state index is 0.000508. The monoisotopic (exact) mass is 497 g/mol. The third kappa shape index (κ3) is 4.58. The van der Waals surface area contributed by atoms with Crippen LogP contribution in [0.1, 0.15) is 28.9 Å². The summed E-state index contributed by atoms with van der Waals surface area (Å²) in [6, 6.07) is 5.48. The van der Waals surface area contributed by atoms with Crippen molar-refractivity contribution in [2.45, 2.75) is 30.7 Å². The first-order chi connectivity index (χ1) is 16.5. The van der Waals surface area contributed by atoms with E-state index < -0.39 is 75.9 Å². The molecule has 3 heterocycles. The number of benzene rings is 1. The molecular weight excluding hydrogens is 480 g/mol. The summed E-state index contributed by atoms with van der Waals surface area (Å²) < 4.78 is 90.2. The number of hydrogen-bond donors (Lipinski definition) is 2. The zero-order valence-electron chi connectivity index (χ0n) is 17.7. The van der Waals surface area contributed by atoms with E-state index in [0.29, 0.717) is 0 Å². The van der Waals surface area contributed by atoms with Gasteiger partial charge >= 0.3 is 6.18 Å². The number of nitrogens with zero attached hydrogens (tertiary/aromatic N) is 2. The number of carbonyl (C=O) groups is 1. The van der Waals surface area contributed by atoms with Crippen LogP contribution in [0.4, 0.5) is 32.0 Å². The van der Waals surface area contributed by atoms with Crippen molar-refractivity contribution < 1.29 is 41.0 Å². The van der Waals surface area contributed by atoms with Crippen molar-refractivity contribution in [2.75, 3.05) is 11.9 Å². The number of nitrogens with one attached hydrogen (secondary N) is 1. The molecular formula is C23H17F6N3O3. The van der Waals surface area contributed by atoms with Gasteiger partial charge in [0.15, 0.2) is 5.60 Å². The van der Waals surface area contributed by atoms with Gasteiger partial charge in [-0.1, -0.05) is 6.07 Å². The van der Waals surface area contributed by atoms with Crippen molar-refractivity contribution >= 4 is 11.6 Å². The summed E-state index contributed by atoms with van der Waals surface area (Å²) in [5.74, 6) is -4.45. The molecule has 184 valence electrons. The second-order valence-electron chi connectivity index (χ2n) is 7.82. The molecule has 2 atom stereocenters. The van der Waals surface area contributed by atoms with Gasteiger partial charge < -0.3 is 15.2 Å². The van der Waals surface area contributed by atoms with Gasteiger partial charge in [-0.05, 0) is 36.8 Å². The van der Waals surface area contributed by atoms with Gasteiger partial charge in [-0.3, -0.25) is 9.78 Å². The highest BCUT2D eigenvalue weighted by atomic mass is 19.4. The summed E-state index contributed by atoms with van der Waals surface area (Å²) in [7, 11) is 0. The van der Waals surface area contributed by atoms with Crippen LogP contribution in [-0.4, -0.2) is 39.9 Å². The molecule has 1 fully saturated rings. The van der Waals surface area contributed by atoms with Gasteiger partial charge in [-0.15, -0.1) is 0 Å². The van der Waals surface area contributed by atoms with E-state index in [-0.39, 0.29) is 13.0 Å². The molecule has 1 aromatic carbocycles. The van der Waals surface area contributed by atoms with Crippen LogP contribution >= 0.6 is 0 Å². The Balaban J connectivity index is 1.73. The second kappa shape index (κ2) is 9.27. The van der Waals surface area contributed by atoms with Gasteiger partial charge in [0.25, 0.3) is 5.91 Å². The molecule has 1 amide bonds. The Bertz CT molecular complexity index is 1250. The molecule has 0 unspecified atom stereocenters. The van der Waals surface area contributed by atoms with Crippen LogP contribution in [-0.2, 0) is 10.3 Å². The molecule has 4 rings (SSSR count). The lowest BCUT2D eigenvalue weighted by Crippen LogP contribution is -2.50. The van der Waals surface area contributed by atoms with Gasteiger partial charge in [-0.2, -0.15) is 13.2 Å². The van der Waals surface area contributed by atoms with E-state index in [1.54, 1.807) is 0 Å². The molecule has 3 aromatic rings. The van der Waals surface area contributed by atoms with Gasteiger partial charge in [0.1, 0.15) is 28.8 Å². The average Bonchev–Trinajstić information content (AvgIpc) is 2.79. The molecule has 0 saturated carbocycles. The number of aromatic nitrogens is 2. The van der Waals surface area contributed by atoms with Crippen molar-refractivity contribution in [3.63, 3.8) is 0 Å². The number of rotatable bonds is 4. The first kappa shape index (κ1) is 24.6. The molecule has 35 heavy (non-hydrogen) atoms. The topological polar surface area (TPSA) is 84.3 Å². The predicted molar refractivity (Wildman–Crippen MR) is 111 cm³/mol. The van der Waals surface area contributed by atoms with Crippen LogP contribution in [0.25, 0.3) is 11.3 Å². The Labute approximate surface area is 194 Å². The van der Waals surface area contributed by atoms with Gasteiger partial charge in [0, 0.05) is 18.2 Å². The fraction of sp³-hybridized carbons (Fsp3) is 0.261. The zero-order valence-corrected chi connectivity index (χ0v) is 17.7. The van der Waals surface area contributed by atoms with Crippen molar-refractivity contribution in [2.24, 2.45) is 0 Å². The lowest BCUT2D eigenvalue weighted by Gasteiger charge is -2.41. The Morgan fingerprint density at radius 1 is 1.09 bits per heavy atom. The van der Waals surface area contributed by atoms with Crippen LogP contribution in [0.5, 0.6) is 0 Å². The van der Waals surface area contributed by atoms with Crippen LogP contribution in [0, 0.1) is 17.5 Å². The number of anilines is 1. The maximum atomic E-state index is 14.3. The lowest BCUT2D eigenvalue weighted by atomic mass is 9.84. The van der Waals surface area contributed by atoms with E-state index in [2.05, 4.69) is 15.3 Å². The first-order valence-electron chi connectivity index (χ1n) is 10.3. The molecule has 1 saturated heterocycles. The Kier molecular flexibility index (Phi) is 6.52. The maximum Gasteiger partial charge on any atom is 0.421 e. The van der Waals surface area contributed by atoms with E-state index in [4.69, 9.17) is 4.74 Å². The number of halogens is 6. The highest BCUT2D eigenvalue weighted by Crippen LogP contribution is 2.50. The number of alkyl halides is 3. The fourth-order valence-corrected chi connectivity index (χ4v) is 3.90. The summed E-state index contributed by atoms with van der Waals surface area (Å²) in [6.45, 7) is -0.381. The smallest absolute Gasteiger partial charge is 0.393 e. The molecule has 12 heteroatoms. The third-order valence-corrected chi connectivity index (χ3v) is 5.56. The Morgan fingerprint density at radius 3 is 2.46 bits per heavy atom. The lowest BCUT2D eigenvalue weighted by molar-refractivity contribution is -0.306. The minimum atomic E-state index is -4.96. The normalized spacial score (nSPS) is 20.5. The number of amides is 1. The molecule has 2 aromatic heterocycles. The van der Waals surface area contributed by atoms with E-state index in [0.717, 1.165) is 48.8 Å². The molecule has 0 radical (unpaired) electrons. The van der Waals surface area contributed by atoms with E-state index in [9.17, 15) is 36.2 Å². The minimum Gasteiger partial charge on any atom is -0.393 e. The van der Waals surface area contributed by atoms with Crippen LogP contribution in [0.2, 0.25) is 0 Å². The van der Waals surface area contributed by atoms with E-state index in [1.807, 2.05) is 0 Å². The van der Waals surface area contributed by atoms with Crippen molar-refractivity contribution in [1.82, 2.24) is 9.97 Å². The SMILES string of the molecule is O=C(Nc1cnccc1[C@@]1(C(F)(F)F)C[C@@H](O)CCO1)c1ccc(F)c(-c2c(F)cccc2F)n1. The molecule has 2 N–H and O–H groups in total. The van der Waals surface area contributed by atoms with Crippen LogP contribution in [0.15, 0.2) is 48.8 Å². The van der Waals surface area contributed by atoms with E-state index in [1.165, 1.54) is 0 Å². The van der Waals surface area contributed by atoms with Crippen LogP contribution < -0.4 is 5.32 Å². The molecule has 0 bridgehead atoms. The molecule has 1 aliphatic heterocycles. The highest BCUT2D eigenvalue weighted by molar-refractivity contribution is 6.03. The number of carbonyl (C=O) groups excluding carboxylic acids is 1. The molecule has 0 spiro atoms. The number of hydrogen-bond acceptors (Lipinski definition) is 5. The van der Waals surface area contributed by atoms with Gasteiger partial charge in [0.05, 0.1) is 30.2 Å². The quantitative estimate of drug-likeness (QED) is 0.509. The molecule has 6 nitrogen and oxygen atoms in total. The summed E-state index contributed by atoms with van der Waals surface area (Å²) in [4.78, 5) is 20.3. The van der Waals surface area contributed by atoms with E-state index >= 15 is 0 Å². The zero-order chi connectivity index (χ0) is 25.4. The number of aliphatic hydroxyl groups is 1. The summed E-state index contributed by atoms with van der Waals surface area (Å²) in [5.41, 5.74) is -5.94. The standard InChI is InChI=1S/C23H17F6N3O3/c24-14-2-1-3-15(25)19(14)20-16(26)4-5-17(31-20)21(34)32-18-11-30-8-6-13(18)22(23(27,28)29)10-12(33)7-9-35-22/h1-6,8,11-12,33H,7,9-10H2,(H,32,34)/t12-,22+/m0/s1. The fourth-order valence-electron chi connectivity index (χ4n) is 3.90. The highest BCUT2D eigenvalue weighted by Gasteiger charge is 2.60. The van der Waals surface area contributed by atoms with Crippen LogP contribution in [0.3, 0.4) is 0 Å². The third-order valence-electron chi connectivity index (χ3n) is 5.56. The first-order valence-corrected chi connectivity index (χ1v) is 10.3. The second-order valence-corrected chi connectivity index (χ2v) is 7.82. The summed E-state index contributed by atoms with van der Waals surface area (Å²) in [6.07, 6.45) is -5.06. The van der Waals surface area contributed by atoms with Crippen molar-refractivity contribution in [3.05, 3.63) is 77.5 Å². The van der Waals surface area contributed by atoms with Gasteiger partial charge in [0.2, 0.25) is 0 Å². The maximum absolute atomic E-state index is 14.3. The van der Waals surface area contributed by atoms with Crippen molar-refractivity contribution in [1.29, 1.82) is 0 Å². The predicted octanol–water partition coefficient (Wildman–Crippen LogP) is 4.74. The summed E-state index contributed by atoms with van der Waals surface area (Å²) >= 11 is 0. The number of aliphatic hydroxyl groups excluding tert-OH is 1. The van der Waals surface area contributed by atoms with Gasteiger partial charge in [-0.25, -0.2) is 18.2 Å². The summed E-state index contributed by atoms with van der Waals surface area (Å²) in [5, 5.41) is 12.2. The molecule has 1 aliphatic rings. The van der Waals surface area contributed by atoms with Crippen molar-refractivity contribution in [3.8, 4) is 11.3 Å². The average molecular weight is 497 g/mol. The largest absolute Gasteiger partial charge is 0.421 e. The Hall–Kier alpha value is -3.51. The number of pyridine rings is 2. The molecule has 0 aliphatic carbocycles.